The van der Waals surface area contributed by atoms with E-state index < -0.39 is 17.6 Å². The fraction of sp³-hybridized carbons (Fsp3) is 0.143. The molecule has 0 aliphatic carbocycles. The Balaban J connectivity index is 1.33. The molecule has 0 heterocycles. The summed E-state index contributed by atoms with van der Waals surface area (Å²) in [5.41, 5.74) is 2.82. The van der Waals surface area contributed by atoms with Crippen LogP contribution in [-0.4, -0.2) is 25.8 Å². The first kappa shape index (κ1) is 27.0. The molecule has 6 nitrogen and oxygen atoms in total. The summed E-state index contributed by atoms with van der Waals surface area (Å²) in [4.78, 5) is 12.2. The predicted molar refractivity (Wildman–Crippen MR) is 142 cm³/mol. The molecule has 1 amide bonds. The average Bonchev–Trinajstić information content (AvgIpc) is 2.90. The minimum Gasteiger partial charge on any atom is -0.496 e. The van der Waals surface area contributed by atoms with Gasteiger partial charge in [-0.1, -0.05) is 34.1 Å². The summed E-state index contributed by atoms with van der Waals surface area (Å²) in [5.74, 6) is 0.681. The maximum Gasteiger partial charge on any atom is 0.416 e. The van der Waals surface area contributed by atoms with Gasteiger partial charge in [0.25, 0.3) is 5.91 Å². The molecule has 4 aromatic rings. The van der Waals surface area contributed by atoms with Crippen molar-refractivity contribution in [3.63, 3.8) is 0 Å². The maximum atomic E-state index is 13.0. The van der Waals surface area contributed by atoms with E-state index in [1.54, 1.807) is 24.3 Å². The maximum absolute atomic E-state index is 13.0. The Morgan fingerprint density at radius 2 is 1.71 bits per heavy atom. The normalized spacial score (nSPS) is 11.5. The van der Waals surface area contributed by atoms with Crippen LogP contribution in [0.1, 0.15) is 16.7 Å². The minimum atomic E-state index is -4.46. The molecule has 196 valence electrons. The van der Waals surface area contributed by atoms with Crippen molar-refractivity contribution in [1.82, 2.24) is 5.43 Å². The van der Waals surface area contributed by atoms with Crippen molar-refractivity contribution < 1.29 is 32.2 Å². The molecule has 0 fully saturated rings. The summed E-state index contributed by atoms with van der Waals surface area (Å²) in [6, 6.07) is 21.1. The lowest BCUT2D eigenvalue weighted by molar-refractivity contribution is -0.137. The summed E-state index contributed by atoms with van der Waals surface area (Å²) in [5, 5.41) is 5.97. The molecule has 0 bridgehead atoms. The number of benzene rings is 4. The lowest BCUT2D eigenvalue weighted by Gasteiger charge is -2.13. The van der Waals surface area contributed by atoms with E-state index in [0.29, 0.717) is 22.6 Å². The van der Waals surface area contributed by atoms with Crippen LogP contribution < -0.4 is 19.6 Å². The molecule has 0 aliphatic heterocycles. The third kappa shape index (κ3) is 7.25. The molecule has 0 saturated carbocycles. The van der Waals surface area contributed by atoms with E-state index in [1.165, 1.54) is 25.5 Å². The van der Waals surface area contributed by atoms with Crippen LogP contribution in [0.15, 0.2) is 88.4 Å². The lowest BCUT2D eigenvalue weighted by Crippen LogP contribution is -2.24. The smallest absolute Gasteiger partial charge is 0.416 e. The number of ether oxygens (including phenoxy) is 3. The zero-order valence-corrected chi connectivity index (χ0v) is 21.7. The van der Waals surface area contributed by atoms with Gasteiger partial charge in [0, 0.05) is 10.0 Å². The van der Waals surface area contributed by atoms with Gasteiger partial charge in [0.15, 0.2) is 6.61 Å². The zero-order chi connectivity index (χ0) is 27.1. The first-order valence-electron chi connectivity index (χ1n) is 11.3. The molecule has 0 spiro atoms. The van der Waals surface area contributed by atoms with Crippen molar-refractivity contribution >= 4 is 38.8 Å². The number of alkyl halides is 3. The first-order valence-corrected chi connectivity index (χ1v) is 12.1. The summed E-state index contributed by atoms with van der Waals surface area (Å²) >= 11 is 3.43. The van der Waals surface area contributed by atoms with Crippen LogP contribution in [0.25, 0.3) is 10.8 Å². The summed E-state index contributed by atoms with van der Waals surface area (Å²) < 4.78 is 56.3. The lowest BCUT2D eigenvalue weighted by atomic mass is 10.1. The van der Waals surface area contributed by atoms with Gasteiger partial charge in [0.05, 0.1) is 18.9 Å². The van der Waals surface area contributed by atoms with E-state index in [9.17, 15) is 18.0 Å². The number of carbonyl (C=O) groups excluding carboxylic acids is 1. The van der Waals surface area contributed by atoms with E-state index in [-0.39, 0.29) is 19.0 Å². The third-order valence-electron chi connectivity index (χ3n) is 5.41. The number of hydrazone groups is 1. The van der Waals surface area contributed by atoms with Gasteiger partial charge in [-0.25, -0.2) is 5.43 Å². The number of halogens is 4. The SMILES string of the molecule is COc1ccc(C=NNC(=O)COc2ccc3cc(Br)ccc3c2)cc1COc1cccc(C(F)(F)F)c1. The van der Waals surface area contributed by atoms with Crippen molar-refractivity contribution in [2.45, 2.75) is 12.8 Å². The highest BCUT2D eigenvalue weighted by Gasteiger charge is 2.30. The van der Waals surface area contributed by atoms with Crippen LogP contribution in [0, 0.1) is 0 Å². The summed E-state index contributed by atoms with van der Waals surface area (Å²) in [7, 11) is 1.48. The Bertz CT molecular complexity index is 1470. The molecule has 4 rings (SSSR count). The van der Waals surface area contributed by atoms with E-state index in [2.05, 4.69) is 26.5 Å². The number of carbonyl (C=O) groups is 1. The number of amides is 1. The van der Waals surface area contributed by atoms with Gasteiger partial charge in [-0.3, -0.25) is 4.79 Å². The van der Waals surface area contributed by atoms with Crippen LogP contribution in [0.4, 0.5) is 13.2 Å². The van der Waals surface area contributed by atoms with Crippen molar-refractivity contribution in [2.24, 2.45) is 5.10 Å². The molecule has 1 N–H and O–H groups in total. The highest BCUT2D eigenvalue weighted by Crippen LogP contribution is 2.32. The largest absolute Gasteiger partial charge is 0.496 e. The Morgan fingerprint density at radius 1 is 0.947 bits per heavy atom. The fourth-order valence-corrected chi connectivity index (χ4v) is 3.94. The van der Waals surface area contributed by atoms with Crippen molar-refractivity contribution in [3.8, 4) is 17.2 Å². The monoisotopic (exact) mass is 586 g/mol. The molecule has 0 saturated heterocycles. The molecule has 10 heteroatoms. The van der Waals surface area contributed by atoms with Gasteiger partial charge in [0.1, 0.15) is 23.9 Å². The van der Waals surface area contributed by atoms with Crippen LogP contribution in [0.3, 0.4) is 0 Å². The second kappa shape index (κ2) is 12.0. The molecule has 0 unspecified atom stereocenters. The molecule has 38 heavy (non-hydrogen) atoms. The minimum absolute atomic E-state index is 0.0327. The van der Waals surface area contributed by atoms with Gasteiger partial charge in [-0.05, 0) is 77.0 Å². The van der Waals surface area contributed by atoms with Gasteiger partial charge in [-0.15, -0.1) is 0 Å². The van der Waals surface area contributed by atoms with Gasteiger partial charge >= 0.3 is 6.18 Å². The number of nitrogens with one attached hydrogen (secondary N) is 1. The third-order valence-corrected chi connectivity index (χ3v) is 5.90. The van der Waals surface area contributed by atoms with E-state index >= 15 is 0 Å². The molecular formula is C28H22BrF3N2O4. The van der Waals surface area contributed by atoms with Gasteiger partial charge in [0.2, 0.25) is 0 Å². The van der Waals surface area contributed by atoms with E-state index in [4.69, 9.17) is 14.2 Å². The number of fused-ring (bicyclic) bond motifs is 1. The fourth-order valence-electron chi connectivity index (χ4n) is 3.56. The topological polar surface area (TPSA) is 69.2 Å². The quantitative estimate of drug-likeness (QED) is 0.174. The van der Waals surface area contributed by atoms with Crippen LogP contribution >= 0.6 is 15.9 Å². The standard InChI is InChI=1S/C28H22BrF3N2O4/c1-36-26-10-5-18(11-21(26)16-37-24-4-2-3-22(14-24)28(30,31)32)15-33-34-27(35)17-38-25-9-7-19-12-23(29)8-6-20(19)13-25/h2-15H,16-17H2,1H3,(H,34,35). The summed E-state index contributed by atoms with van der Waals surface area (Å²) in [6.07, 6.45) is -3.03. The Hall–Kier alpha value is -4.05. The van der Waals surface area contributed by atoms with Crippen LogP contribution in [-0.2, 0) is 17.6 Å². The van der Waals surface area contributed by atoms with Gasteiger partial charge in [-0.2, -0.15) is 18.3 Å². The van der Waals surface area contributed by atoms with Crippen molar-refractivity contribution in [3.05, 3.63) is 100 Å². The molecule has 0 aliphatic rings. The molecule has 0 aromatic heterocycles. The summed E-state index contributed by atoms with van der Waals surface area (Å²) in [6.45, 7) is -0.257. The average molecular weight is 587 g/mol. The molecule has 0 radical (unpaired) electrons. The Kier molecular flexibility index (Phi) is 8.52. The molecular weight excluding hydrogens is 565 g/mol. The number of hydrogen-bond acceptors (Lipinski definition) is 5. The second-order valence-corrected chi connectivity index (χ2v) is 9.04. The first-order chi connectivity index (χ1) is 18.2. The van der Waals surface area contributed by atoms with E-state index in [0.717, 1.165) is 27.4 Å². The number of methoxy groups -OCH3 is 1. The van der Waals surface area contributed by atoms with Crippen molar-refractivity contribution in [1.29, 1.82) is 0 Å². The molecule has 0 atom stereocenters. The molecule has 4 aromatic carbocycles. The van der Waals surface area contributed by atoms with Crippen LogP contribution in [0.5, 0.6) is 17.2 Å². The number of hydrogen-bond donors (Lipinski definition) is 1. The van der Waals surface area contributed by atoms with Crippen molar-refractivity contribution in [2.75, 3.05) is 13.7 Å². The highest BCUT2D eigenvalue weighted by atomic mass is 79.9. The van der Waals surface area contributed by atoms with E-state index in [1.807, 2.05) is 30.3 Å². The number of rotatable bonds is 9. The Morgan fingerprint density at radius 3 is 2.50 bits per heavy atom. The second-order valence-electron chi connectivity index (χ2n) is 8.12. The Labute approximate surface area is 225 Å². The number of nitrogens with zero attached hydrogens (tertiary/aromatic N) is 1. The van der Waals surface area contributed by atoms with Gasteiger partial charge < -0.3 is 14.2 Å². The highest BCUT2D eigenvalue weighted by molar-refractivity contribution is 9.10. The predicted octanol–water partition coefficient (Wildman–Crippen LogP) is 6.74. The van der Waals surface area contributed by atoms with Crippen LogP contribution in [0.2, 0.25) is 0 Å². The zero-order valence-electron chi connectivity index (χ0n) is 20.1.